The number of benzene rings is 1. The normalized spacial score (nSPS) is 19.0. The molecular weight excluding hydrogens is 240 g/mol. The van der Waals surface area contributed by atoms with Crippen molar-refractivity contribution in [2.75, 3.05) is 6.54 Å². The fourth-order valence-electron chi connectivity index (χ4n) is 2.24. The number of aromatic nitrogens is 1. The molecule has 1 fully saturated rings. The maximum atomic E-state index is 4.54. The number of rotatable bonds is 3. The molecule has 0 spiro atoms. The largest absolute Gasteiger partial charge is 0.310 e. The topological polar surface area (TPSA) is 24.9 Å². The van der Waals surface area contributed by atoms with Crippen LogP contribution in [0.15, 0.2) is 58.6 Å². The molecule has 0 amide bonds. The molecule has 3 heteroatoms. The molecule has 2 heterocycles. The van der Waals surface area contributed by atoms with Crippen LogP contribution in [0.4, 0.5) is 0 Å². The lowest BCUT2D eigenvalue weighted by Crippen LogP contribution is -2.12. The Morgan fingerprint density at radius 1 is 1.11 bits per heavy atom. The van der Waals surface area contributed by atoms with Gasteiger partial charge in [0.2, 0.25) is 0 Å². The van der Waals surface area contributed by atoms with Gasteiger partial charge in [0.15, 0.2) is 0 Å². The third-order valence-electron chi connectivity index (χ3n) is 3.19. The number of hydrogen-bond donors (Lipinski definition) is 1. The highest BCUT2D eigenvalue weighted by Gasteiger charge is 2.16. The molecular formula is C15H16N2S. The van der Waals surface area contributed by atoms with Crippen molar-refractivity contribution in [3.63, 3.8) is 0 Å². The van der Waals surface area contributed by atoms with E-state index < -0.39 is 0 Å². The third-order valence-corrected chi connectivity index (χ3v) is 4.15. The summed E-state index contributed by atoms with van der Waals surface area (Å²) in [6.45, 7) is 1.13. The summed E-state index contributed by atoms with van der Waals surface area (Å²) in [6, 6.07) is 15.2. The van der Waals surface area contributed by atoms with Crippen LogP contribution in [0.3, 0.4) is 0 Å². The van der Waals surface area contributed by atoms with Gasteiger partial charge in [-0.25, -0.2) is 4.98 Å². The fraction of sp³-hybridized carbons (Fsp3) is 0.267. The van der Waals surface area contributed by atoms with Gasteiger partial charge >= 0.3 is 0 Å². The van der Waals surface area contributed by atoms with Crippen molar-refractivity contribution in [1.82, 2.24) is 10.3 Å². The average molecular weight is 256 g/mol. The minimum Gasteiger partial charge on any atom is -0.310 e. The van der Waals surface area contributed by atoms with Gasteiger partial charge < -0.3 is 5.32 Å². The van der Waals surface area contributed by atoms with E-state index in [1.165, 1.54) is 23.3 Å². The van der Waals surface area contributed by atoms with Crippen LogP contribution in [0, 0.1) is 0 Å². The van der Waals surface area contributed by atoms with E-state index in [2.05, 4.69) is 46.7 Å². The number of nitrogens with zero attached hydrogens (tertiary/aromatic N) is 1. The Labute approximate surface area is 112 Å². The molecule has 0 bridgehead atoms. The highest BCUT2D eigenvalue weighted by Crippen LogP contribution is 2.28. The highest BCUT2D eigenvalue weighted by atomic mass is 32.2. The summed E-state index contributed by atoms with van der Waals surface area (Å²) in [7, 11) is 0. The summed E-state index contributed by atoms with van der Waals surface area (Å²) in [5.41, 5.74) is 1.31. The maximum absolute atomic E-state index is 4.54. The summed E-state index contributed by atoms with van der Waals surface area (Å²) < 4.78 is 0. The summed E-state index contributed by atoms with van der Waals surface area (Å²) in [6.07, 6.45) is 4.51. The molecule has 1 saturated heterocycles. The first-order valence-electron chi connectivity index (χ1n) is 6.34. The van der Waals surface area contributed by atoms with Crippen molar-refractivity contribution in [2.45, 2.75) is 28.8 Å². The van der Waals surface area contributed by atoms with Crippen molar-refractivity contribution < 1.29 is 0 Å². The molecule has 92 valence electrons. The molecule has 1 aromatic carbocycles. The first-order valence-corrected chi connectivity index (χ1v) is 7.16. The Morgan fingerprint density at radius 3 is 2.67 bits per heavy atom. The van der Waals surface area contributed by atoms with Gasteiger partial charge in [0, 0.05) is 17.1 Å². The van der Waals surface area contributed by atoms with Crippen molar-refractivity contribution in [2.24, 2.45) is 0 Å². The monoisotopic (exact) mass is 256 g/mol. The van der Waals surface area contributed by atoms with Gasteiger partial charge in [-0.15, -0.1) is 0 Å². The fourth-order valence-corrected chi connectivity index (χ4v) is 3.01. The van der Waals surface area contributed by atoms with Crippen LogP contribution in [0.25, 0.3) is 0 Å². The predicted molar refractivity (Wildman–Crippen MR) is 74.8 cm³/mol. The lowest BCUT2D eigenvalue weighted by Gasteiger charge is -2.10. The van der Waals surface area contributed by atoms with Gasteiger partial charge in [0.05, 0.1) is 0 Å². The second-order valence-corrected chi connectivity index (χ2v) is 5.59. The lowest BCUT2D eigenvalue weighted by atomic mass is 10.1. The Balaban J connectivity index is 1.71. The molecule has 2 nitrogen and oxygen atoms in total. The minimum atomic E-state index is 0.508. The van der Waals surface area contributed by atoms with E-state index in [9.17, 15) is 0 Å². The molecule has 0 unspecified atom stereocenters. The molecule has 1 aliphatic rings. The zero-order valence-corrected chi connectivity index (χ0v) is 11.0. The Bertz CT molecular complexity index is 490. The van der Waals surface area contributed by atoms with E-state index in [4.69, 9.17) is 0 Å². The van der Waals surface area contributed by atoms with Gasteiger partial charge in [-0.05, 0) is 43.1 Å². The van der Waals surface area contributed by atoms with Gasteiger partial charge in [0.1, 0.15) is 5.03 Å². The Morgan fingerprint density at radius 2 is 2.00 bits per heavy atom. The van der Waals surface area contributed by atoms with Crippen molar-refractivity contribution in [3.05, 3.63) is 54.2 Å². The van der Waals surface area contributed by atoms with E-state index in [-0.39, 0.29) is 0 Å². The van der Waals surface area contributed by atoms with Gasteiger partial charge in [-0.1, -0.05) is 36.0 Å². The third kappa shape index (κ3) is 2.74. The van der Waals surface area contributed by atoms with E-state index >= 15 is 0 Å². The van der Waals surface area contributed by atoms with E-state index in [0.29, 0.717) is 6.04 Å². The standard InChI is InChI=1S/C15H16N2S/c1-2-5-13(6-3-1)18-15-9-8-12(11-17-15)14-7-4-10-16-14/h1-3,5-6,8-9,11,14,16H,4,7,10H2/t14-/m1/s1. The van der Waals surface area contributed by atoms with Crippen molar-refractivity contribution in [1.29, 1.82) is 0 Å². The summed E-state index contributed by atoms with van der Waals surface area (Å²) in [5, 5.41) is 4.55. The first kappa shape index (κ1) is 11.8. The van der Waals surface area contributed by atoms with Gasteiger partial charge in [-0.3, -0.25) is 0 Å². The van der Waals surface area contributed by atoms with Crippen LogP contribution in [-0.4, -0.2) is 11.5 Å². The van der Waals surface area contributed by atoms with Crippen LogP contribution in [0.5, 0.6) is 0 Å². The van der Waals surface area contributed by atoms with E-state index in [0.717, 1.165) is 11.6 Å². The van der Waals surface area contributed by atoms with Gasteiger partial charge in [0.25, 0.3) is 0 Å². The SMILES string of the molecule is c1ccc(Sc2ccc([C@H]3CCCN3)cn2)cc1. The molecule has 18 heavy (non-hydrogen) atoms. The molecule has 1 atom stereocenters. The van der Waals surface area contributed by atoms with Crippen LogP contribution in [0.1, 0.15) is 24.4 Å². The van der Waals surface area contributed by atoms with Crippen molar-refractivity contribution in [3.8, 4) is 0 Å². The zero-order chi connectivity index (χ0) is 12.2. The Kier molecular flexibility index (Phi) is 3.62. The van der Waals surface area contributed by atoms with Crippen LogP contribution in [-0.2, 0) is 0 Å². The van der Waals surface area contributed by atoms with Crippen molar-refractivity contribution >= 4 is 11.8 Å². The molecule has 3 rings (SSSR count). The summed E-state index contributed by atoms with van der Waals surface area (Å²) in [5.74, 6) is 0. The predicted octanol–water partition coefficient (Wildman–Crippen LogP) is 3.66. The van der Waals surface area contributed by atoms with E-state index in [1.54, 1.807) is 11.8 Å². The molecule has 0 radical (unpaired) electrons. The van der Waals surface area contributed by atoms with Crippen LogP contribution >= 0.6 is 11.8 Å². The second-order valence-electron chi connectivity index (χ2n) is 4.49. The zero-order valence-electron chi connectivity index (χ0n) is 10.2. The quantitative estimate of drug-likeness (QED) is 0.907. The molecule has 1 aliphatic heterocycles. The molecule has 1 N–H and O–H groups in total. The number of hydrogen-bond acceptors (Lipinski definition) is 3. The smallest absolute Gasteiger partial charge is 0.101 e. The molecule has 1 aromatic heterocycles. The number of nitrogens with one attached hydrogen (secondary N) is 1. The second kappa shape index (κ2) is 5.55. The minimum absolute atomic E-state index is 0.508. The van der Waals surface area contributed by atoms with Gasteiger partial charge in [-0.2, -0.15) is 0 Å². The van der Waals surface area contributed by atoms with E-state index in [1.807, 2.05) is 12.3 Å². The van der Waals surface area contributed by atoms with Crippen LogP contribution < -0.4 is 5.32 Å². The Hall–Kier alpha value is -1.32. The average Bonchev–Trinajstić information content (AvgIpc) is 2.95. The molecule has 0 saturated carbocycles. The molecule has 2 aromatic rings. The highest BCUT2D eigenvalue weighted by molar-refractivity contribution is 7.99. The molecule has 0 aliphatic carbocycles. The number of pyridine rings is 1. The lowest BCUT2D eigenvalue weighted by molar-refractivity contribution is 0.643. The van der Waals surface area contributed by atoms with Crippen LogP contribution in [0.2, 0.25) is 0 Å². The first-order chi connectivity index (χ1) is 8.92. The maximum Gasteiger partial charge on any atom is 0.101 e. The summed E-state index contributed by atoms with van der Waals surface area (Å²) in [4.78, 5) is 5.77. The summed E-state index contributed by atoms with van der Waals surface area (Å²) >= 11 is 1.71.